The van der Waals surface area contributed by atoms with E-state index in [9.17, 15) is 9.59 Å². The molecular formula is C20H24ClN3O3. The number of urea groups is 1. The van der Waals surface area contributed by atoms with Gasteiger partial charge in [0.1, 0.15) is 5.75 Å². The highest BCUT2D eigenvalue weighted by molar-refractivity contribution is 6.31. The topological polar surface area (TPSA) is 79.5 Å². The first-order chi connectivity index (χ1) is 12.8. The maximum atomic E-state index is 12.2. The number of halogens is 1. The van der Waals surface area contributed by atoms with Gasteiger partial charge in [0.15, 0.2) is 6.61 Å². The number of aryl methyl sites for hydroxylation is 1. The Morgan fingerprint density at radius 1 is 1.07 bits per heavy atom. The van der Waals surface area contributed by atoms with Crippen molar-refractivity contribution in [1.82, 2.24) is 5.32 Å². The van der Waals surface area contributed by atoms with E-state index in [1.54, 1.807) is 24.3 Å². The van der Waals surface area contributed by atoms with E-state index >= 15 is 0 Å². The van der Waals surface area contributed by atoms with Crippen LogP contribution in [0.5, 0.6) is 5.75 Å². The predicted octanol–water partition coefficient (Wildman–Crippen LogP) is 4.54. The van der Waals surface area contributed by atoms with Gasteiger partial charge in [-0.15, -0.1) is 0 Å². The molecular weight excluding hydrogens is 366 g/mol. The van der Waals surface area contributed by atoms with E-state index in [1.165, 1.54) is 7.05 Å². The summed E-state index contributed by atoms with van der Waals surface area (Å²) in [7, 11) is 1.54. The van der Waals surface area contributed by atoms with Crippen molar-refractivity contribution in [3.8, 4) is 5.75 Å². The van der Waals surface area contributed by atoms with Crippen molar-refractivity contribution in [1.29, 1.82) is 0 Å². The normalized spacial score (nSPS) is 10.4. The Bertz CT molecular complexity index is 820. The molecule has 3 N–H and O–H groups in total. The van der Waals surface area contributed by atoms with E-state index in [4.69, 9.17) is 16.3 Å². The second-order valence-corrected chi connectivity index (χ2v) is 6.82. The van der Waals surface area contributed by atoms with Crippen molar-refractivity contribution in [2.45, 2.75) is 26.7 Å². The van der Waals surface area contributed by atoms with E-state index in [0.717, 1.165) is 11.1 Å². The van der Waals surface area contributed by atoms with Crippen LogP contribution in [-0.2, 0) is 4.79 Å². The molecule has 0 aromatic heterocycles. The number of anilines is 2. The lowest BCUT2D eigenvalue weighted by Crippen LogP contribution is -2.24. The minimum atomic E-state index is -0.306. The Hall–Kier alpha value is -2.73. The molecule has 0 bridgehead atoms. The fourth-order valence-electron chi connectivity index (χ4n) is 2.42. The fourth-order valence-corrected chi connectivity index (χ4v) is 2.59. The number of ether oxygens (including phenoxy) is 1. The zero-order chi connectivity index (χ0) is 20.0. The number of hydrogen-bond acceptors (Lipinski definition) is 3. The number of rotatable bonds is 6. The molecule has 3 amide bonds. The van der Waals surface area contributed by atoms with Crippen molar-refractivity contribution >= 4 is 34.9 Å². The van der Waals surface area contributed by atoms with Crippen molar-refractivity contribution in [2.24, 2.45) is 0 Å². The first kappa shape index (κ1) is 20.6. The molecule has 0 fully saturated rings. The molecule has 0 radical (unpaired) electrons. The Labute approximate surface area is 164 Å². The third-order valence-corrected chi connectivity index (χ3v) is 4.33. The SMILES string of the molecule is CNC(=O)Nc1ccc(NC(=O)COc2cc(C)c(Cl)cc2C(C)C)cc1. The van der Waals surface area contributed by atoms with Gasteiger partial charge in [0, 0.05) is 23.4 Å². The summed E-state index contributed by atoms with van der Waals surface area (Å²) >= 11 is 6.19. The van der Waals surface area contributed by atoms with Crippen LogP contribution < -0.4 is 20.7 Å². The Morgan fingerprint density at radius 3 is 2.22 bits per heavy atom. The molecule has 144 valence electrons. The van der Waals surface area contributed by atoms with Crippen LogP contribution in [0.2, 0.25) is 5.02 Å². The van der Waals surface area contributed by atoms with Gasteiger partial charge in [-0.2, -0.15) is 0 Å². The summed E-state index contributed by atoms with van der Waals surface area (Å²) in [6, 6.07) is 10.2. The molecule has 0 unspecified atom stereocenters. The van der Waals surface area contributed by atoms with E-state index < -0.39 is 0 Å². The lowest BCUT2D eigenvalue weighted by Gasteiger charge is -2.16. The van der Waals surface area contributed by atoms with Crippen LogP contribution in [0.25, 0.3) is 0 Å². The van der Waals surface area contributed by atoms with Crippen LogP contribution in [0.4, 0.5) is 16.2 Å². The quantitative estimate of drug-likeness (QED) is 0.678. The molecule has 2 aromatic rings. The maximum absolute atomic E-state index is 12.2. The average Bonchev–Trinajstić information content (AvgIpc) is 2.63. The number of carbonyl (C=O) groups is 2. The van der Waals surface area contributed by atoms with Gasteiger partial charge in [0.05, 0.1) is 0 Å². The monoisotopic (exact) mass is 389 g/mol. The first-order valence-corrected chi connectivity index (χ1v) is 8.99. The van der Waals surface area contributed by atoms with Crippen molar-refractivity contribution in [3.05, 3.63) is 52.5 Å². The number of nitrogens with one attached hydrogen (secondary N) is 3. The third-order valence-electron chi connectivity index (χ3n) is 3.93. The van der Waals surface area contributed by atoms with Crippen molar-refractivity contribution in [2.75, 3.05) is 24.3 Å². The summed E-state index contributed by atoms with van der Waals surface area (Å²) in [5, 5.41) is 8.56. The summed E-state index contributed by atoms with van der Waals surface area (Å²) in [5.41, 5.74) is 3.10. The fraction of sp³-hybridized carbons (Fsp3) is 0.300. The van der Waals surface area contributed by atoms with Gasteiger partial charge in [-0.25, -0.2) is 4.79 Å². The number of hydrogen-bond donors (Lipinski definition) is 3. The van der Waals surface area contributed by atoms with E-state index in [1.807, 2.05) is 32.9 Å². The molecule has 2 rings (SSSR count). The summed E-state index contributed by atoms with van der Waals surface area (Å²) in [6.45, 7) is 5.87. The van der Waals surface area contributed by atoms with Crippen LogP contribution in [0.3, 0.4) is 0 Å². The van der Waals surface area contributed by atoms with Crippen LogP contribution >= 0.6 is 11.6 Å². The smallest absolute Gasteiger partial charge is 0.318 e. The lowest BCUT2D eigenvalue weighted by molar-refractivity contribution is -0.118. The predicted molar refractivity (Wildman–Crippen MR) is 109 cm³/mol. The van der Waals surface area contributed by atoms with E-state index in [0.29, 0.717) is 22.1 Å². The average molecular weight is 390 g/mol. The molecule has 27 heavy (non-hydrogen) atoms. The Kier molecular flexibility index (Phi) is 7.07. The minimum absolute atomic E-state index is 0.112. The Balaban J connectivity index is 1.97. The zero-order valence-electron chi connectivity index (χ0n) is 15.9. The summed E-state index contributed by atoms with van der Waals surface area (Å²) in [5.74, 6) is 0.609. The van der Waals surface area contributed by atoms with Crippen LogP contribution in [0.1, 0.15) is 30.9 Å². The van der Waals surface area contributed by atoms with Gasteiger partial charge in [-0.3, -0.25) is 4.79 Å². The van der Waals surface area contributed by atoms with Crippen LogP contribution in [0, 0.1) is 6.92 Å². The lowest BCUT2D eigenvalue weighted by atomic mass is 10.0. The molecule has 7 heteroatoms. The Morgan fingerprint density at radius 2 is 1.67 bits per heavy atom. The molecule has 0 atom stereocenters. The molecule has 0 saturated heterocycles. The molecule has 0 aliphatic carbocycles. The standard InChI is InChI=1S/C20H24ClN3O3/c1-12(2)16-10-17(21)13(3)9-18(16)27-11-19(25)23-14-5-7-15(8-6-14)24-20(26)22-4/h5-10,12H,11H2,1-4H3,(H,23,25)(H2,22,24,26). The highest BCUT2D eigenvalue weighted by atomic mass is 35.5. The van der Waals surface area contributed by atoms with Crippen LogP contribution in [0.15, 0.2) is 36.4 Å². The summed E-state index contributed by atoms with van der Waals surface area (Å²) < 4.78 is 5.72. The second-order valence-electron chi connectivity index (χ2n) is 6.41. The van der Waals surface area contributed by atoms with Gasteiger partial charge in [0.2, 0.25) is 0 Å². The molecule has 0 aliphatic rings. The molecule has 2 aromatic carbocycles. The van der Waals surface area contributed by atoms with Gasteiger partial charge < -0.3 is 20.7 Å². The van der Waals surface area contributed by atoms with Gasteiger partial charge in [0.25, 0.3) is 5.91 Å². The molecule has 6 nitrogen and oxygen atoms in total. The first-order valence-electron chi connectivity index (χ1n) is 8.61. The van der Waals surface area contributed by atoms with Gasteiger partial charge in [-0.1, -0.05) is 25.4 Å². The molecule has 0 spiro atoms. The highest BCUT2D eigenvalue weighted by Gasteiger charge is 2.13. The maximum Gasteiger partial charge on any atom is 0.318 e. The number of benzene rings is 2. The largest absolute Gasteiger partial charge is 0.483 e. The molecule has 0 saturated carbocycles. The van der Waals surface area contributed by atoms with E-state index in [-0.39, 0.29) is 24.5 Å². The zero-order valence-corrected chi connectivity index (χ0v) is 16.6. The second kappa shape index (κ2) is 9.28. The van der Waals surface area contributed by atoms with Crippen LogP contribution in [-0.4, -0.2) is 25.6 Å². The van der Waals surface area contributed by atoms with Crippen molar-refractivity contribution in [3.63, 3.8) is 0 Å². The minimum Gasteiger partial charge on any atom is -0.483 e. The summed E-state index contributed by atoms with van der Waals surface area (Å²) in [4.78, 5) is 23.5. The van der Waals surface area contributed by atoms with E-state index in [2.05, 4.69) is 16.0 Å². The summed E-state index contributed by atoms with van der Waals surface area (Å²) in [6.07, 6.45) is 0. The number of carbonyl (C=O) groups excluding carboxylic acids is 2. The molecule has 0 heterocycles. The van der Waals surface area contributed by atoms with Gasteiger partial charge >= 0.3 is 6.03 Å². The third kappa shape index (κ3) is 5.89. The number of amides is 3. The van der Waals surface area contributed by atoms with Crippen molar-refractivity contribution < 1.29 is 14.3 Å². The molecule has 0 aliphatic heterocycles. The van der Waals surface area contributed by atoms with Gasteiger partial charge in [-0.05, 0) is 60.4 Å². The highest BCUT2D eigenvalue weighted by Crippen LogP contribution is 2.32.